The van der Waals surface area contributed by atoms with Crippen molar-refractivity contribution in [3.8, 4) is 50.5 Å². The van der Waals surface area contributed by atoms with Crippen molar-refractivity contribution in [3.05, 3.63) is 158 Å². The van der Waals surface area contributed by atoms with Crippen molar-refractivity contribution in [3.63, 3.8) is 0 Å². The van der Waals surface area contributed by atoms with Gasteiger partial charge in [-0.15, -0.1) is 0 Å². The van der Waals surface area contributed by atoms with Gasteiger partial charge in [-0.1, -0.05) is 140 Å². The highest BCUT2D eigenvalue weighted by Gasteiger charge is 2.25. The fraction of sp³-hybridized carbons (Fsp3) is 0. The van der Waals surface area contributed by atoms with E-state index >= 15 is 0 Å². The number of pyridine rings is 1. The highest BCUT2D eigenvalue weighted by Crippen LogP contribution is 2.51. The highest BCUT2D eigenvalue weighted by atomic mass is 15.1. The van der Waals surface area contributed by atoms with Crippen molar-refractivity contribution in [2.75, 3.05) is 0 Å². The van der Waals surface area contributed by atoms with Crippen LogP contribution < -0.4 is 0 Å². The van der Waals surface area contributed by atoms with Crippen LogP contribution in [0.2, 0.25) is 0 Å². The Hall–Kier alpha value is -5.99. The SMILES string of the molecule is c1ccc(-c2ccc(-c3nc(-n4c5ccccc5c5cc6c7c(cccc7c54)-c4ccccc4-6)cc4ccccc34)cc2)cc1. The molecular weight excluding hydrogens is 544 g/mol. The summed E-state index contributed by atoms with van der Waals surface area (Å²) in [6, 6.07) is 57.0. The lowest BCUT2D eigenvalue weighted by Crippen LogP contribution is -2.00. The molecule has 2 heteroatoms. The Morgan fingerprint density at radius 3 is 1.87 bits per heavy atom. The number of hydrogen-bond acceptors (Lipinski definition) is 1. The number of aromatic nitrogens is 2. The lowest BCUT2D eigenvalue weighted by Gasteiger charge is -2.14. The first-order valence-electron chi connectivity index (χ1n) is 15.5. The van der Waals surface area contributed by atoms with Crippen molar-refractivity contribution < 1.29 is 0 Å². The van der Waals surface area contributed by atoms with Gasteiger partial charge in [-0.2, -0.15) is 0 Å². The third-order valence-electron chi connectivity index (χ3n) is 9.52. The minimum Gasteiger partial charge on any atom is -0.293 e. The summed E-state index contributed by atoms with van der Waals surface area (Å²) in [5.74, 6) is 0.929. The summed E-state index contributed by atoms with van der Waals surface area (Å²) in [6.07, 6.45) is 0. The van der Waals surface area contributed by atoms with Gasteiger partial charge in [-0.3, -0.25) is 4.57 Å². The zero-order chi connectivity index (χ0) is 29.5. The number of nitrogens with zero attached hydrogens (tertiary/aromatic N) is 2. The molecule has 0 amide bonds. The molecule has 0 radical (unpaired) electrons. The predicted molar refractivity (Wildman–Crippen MR) is 189 cm³/mol. The molecule has 0 aliphatic heterocycles. The molecule has 0 fully saturated rings. The third kappa shape index (κ3) is 3.48. The van der Waals surface area contributed by atoms with Crippen LogP contribution in [0.4, 0.5) is 0 Å². The van der Waals surface area contributed by atoms with Crippen molar-refractivity contribution in [2.45, 2.75) is 0 Å². The van der Waals surface area contributed by atoms with Crippen LogP contribution in [0.25, 0.3) is 93.8 Å². The van der Waals surface area contributed by atoms with E-state index in [4.69, 9.17) is 4.98 Å². The second kappa shape index (κ2) is 9.25. The summed E-state index contributed by atoms with van der Waals surface area (Å²) in [6.45, 7) is 0. The molecular formula is C43H26N2. The van der Waals surface area contributed by atoms with Gasteiger partial charge in [-0.25, -0.2) is 4.98 Å². The van der Waals surface area contributed by atoms with Crippen molar-refractivity contribution in [2.24, 2.45) is 0 Å². The maximum Gasteiger partial charge on any atom is 0.138 e. The molecule has 0 spiro atoms. The first kappa shape index (κ1) is 24.5. The first-order valence-corrected chi connectivity index (χ1v) is 15.5. The Labute approximate surface area is 260 Å². The average molecular weight is 571 g/mol. The van der Waals surface area contributed by atoms with E-state index in [1.807, 2.05) is 0 Å². The van der Waals surface area contributed by atoms with Crippen molar-refractivity contribution in [1.82, 2.24) is 9.55 Å². The number of hydrogen-bond donors (Lipinski definition) is 0. The molecule has 0 unspecified atom stereocenters. The van der Waals surface area contributed by atoms with E-state index in [2.05, 4.69) is 162 Å². The normalized spacial score (nSPS) is 12.0. The van der Waals surface area contributed by atoms with Gasteiger partial charge in [0.15, 0.2) is 0 Å². The van der Waals surface area contributed by atoms with Crippen LogP contribution in [0, 0.1) is 0 Å². The van der Waals surface area contributed by atoms with Crippen molar-refractivity contribution in [1.29, 1.82) is 0 Å². The maximum atomic E-state index is 5.49. The van der Waals surface area contributed by atoms with Gasteiger partial charge in [0.1, 0.15) is 5.82 Å². The van der Waals surface area contributed by atoms with Crippen LogP contribution in [0.5, 0.6) is 0 Å². The standard InChI is InChI=1S/C43H26N2/c1-2-11-27(12-3-1)28-21-23-29(24-22-28)42-31-14-5-4-13-30(31)25-40(44-42)45-39-20-9-8-17-34(39)38-26-37-33-16-7-6-15-32(33)35-18-10-19-36(41(35)37)43(38)45/h1-26H. The molecule has 0 saturated carbocycles. The smallest absolute Gasteiger partial charge is 0.138 e. The summed E-state index contributed by atoms with van der Waals surface area (Å²) in [4.78, 5) is 5.49. The van der Waals surface area contributed by atoms with Gasteiger partial charge < -0.3 is 0 Å². The number of rotatable bonds is 3. The molecule has 2 nitrogen and oxygen atoms in total. The molecule has 0 bridgehead atoms. The minimum atomic E-state index is 0.929. The zero-order valence-electron chi connectivity index (χ0n) is 24.4. The second-order valence-corrected chi connectivity index (χ2v) is 11.9. The van der Waals surface area contributed by atoms with E-state index in [0.29, 0.717) is 0 Å². The van der Waals surface area contributed by atoms with Gasteiger partial charge in [0, 0.05) is 27.1 Å². The lowest BCUT2D eigenvalue weighted by molar-refractivity contribution is 1.10. The van der Waals surface area contributed by atoms with Gasteiger partial charge in [0.05, 0.1) is 16.7 Å². The van der Waals surface area contributed by atoms with E-state index < -0.39 is 0 Å². The Kier molecular flexibility index (Phi) is 5.03. The van der Waals surface area contributed by atoms with E-state index in [-0.39, 0.29) is 0 Å². The number of benzene rings is 7. The molecule has 7 aromatic carbocycles. The quantitative estimate of drug-likeness (QED) is 0.207. The van der Waals surface area contributed by atoms with Crippen LogP contribution in [0.3, 0.4) is 0 Å². The highest BCUT2D eigenvalue weighted by molar-refractivity contribution is 6.27. The van der Waals surface area contributed by atoms with Crippen LogP contribution in [0.1, 0.15) is 0 Å². The van der Waals surface area contributed by atoms with E-state index in [9.17, 15) is 0 Å². The van der Waals surface area contributed by atoms with Crippen LogP contribution in [-0.2, 0) is 0 Å². The van der Waals surface area contributed by atoms with Gasteiger partial charge in [0.2, 0.25) is 0 Å². The number of fused-ring (bicyclic) bond motifs is 8. The zero-order valence-corrected chi connectivity index (χ0v) is 24.4. The summed E-state index contributed by atoms with van der Waals surface area (Å²) < 4.78 is 2.39. The fourth-order valence-corrected chi connectivity index (χ4v) is 7.53. The molecule has 0 N–H and O–H groups in total. The number of para-hydroxylation sites is 1. The van der Waals surface area contributed by atoms with Crippen LogP contribution in [0.15, 0.2) is 158 Å². The molecule has 1 aliphatic rings. The molecule has 2 aromatic heterocycles. The van der Waals surface area contributed by atoms with Crippen molar-refractivity contribution >= 4 is 43.4 Å². The van der Waals surface area contributed by atoms with Gasteiger partial charge in [0.25, 0.3) is 0 Å². The predicted octanol–water partition coefficient (Wildman–Crippen LogP) is 11.5. The molecule has 0 saturated heterocycles. The maximum absolute atomic E-state index is 5.49. The lowest BCUT2D eigenvalue weighted by atomic mass is 9.99. The molecule has 208 valence electrons. The molecule has 9 aromatic rings. The Balaban J connectivity index is 1.28. The van der Waals surface area contributed by atoms with Crippen LogP contribution >= 0.6 is 0 Å². The van der Waals surface area contributed by atoms with E-state index in [0.717, 1.165) is 22.5 Å². The van der Waals surface area contributed by atoms with E-state index in [1.54, 1.807) is 0 Å². The first-order chi connectivity index (χ1) is 22.3. The van der Waals surface area contributed by atoms with Gasteiger partial charge >= 0.3 is 0 Å². The Bertz CT molecular complexity index is 2630. The average Bonchev–Trinajstić information content (AvgIpc) is 3.62. The third-order valence-corrected chi connectivity index (χ3v) is 9.52. The topological polar surface area (TPSA) is 17.8 Å². The monoisotopic (exact) mass is 570 g/mol. The summed E-state index contributed by atoms with van der Waals surface area (Å²) in [7, 11) is 0. The minimum absolute atomic E-state index is 0.929. The Morgan fingerprint density at radius 2 is 1.02 bits per heavy atom. The van der Waals surface area contributed by atoms with Crippen LogP contribution in [-0.4, -0.2) is 9.55 Å². The molecule has 45 heavy (non-hydrogen) atoms. The molecule has 2 heterocycles. The fourth-order valence-electron chi connectivity index (χ4n) is 7.53. The van der Waals surface area contributed by atoms with E-state index in [1.165, 1.54) is 71.3 Å². The summed E-state index contributed by atoms with van der Waals surface area (Å²) >= 11 is 0. The van der Waals surface area contributed by atoms with Gasteiger partial charge in [-0.05, 0) is 62.4 Å². The molecule has 0 atom stereocenters. The second-order valence-electron chi connectivity index (χ2n) is 11.9. The summed E-state index contributed by atoms with van der Waals surface area (Å²) in [5, 5.41) is 7.41. The molecule has 1 aliphatic carbocycles. The Morgan fingerprint density at radius 1 is 0.400 bits per heavy atom. The largest absolute Gasteiger partial charge is 0.293 e. The summed E-state index contributed by atoms with van der Waals surface area (Å²) in [5.41, 5.74) is 12.1. The molecule has 10 rings (SSSR count).